The average molecular weight is 195 g/mol. The molecule has 0 saturated carbocycles. The molecular formula is C8H19ClN2O. The van der Waals surface area contributed by atoms with Crippen LogP contribution in [-0.2, 0) is 4.74 Å². The van der Waals surface area contributed by atoms with Crippen molar-refractivity contribution in [3.63, 3.8) is 0 Å². The van der Waals surface area contributed by atoms with Crippen molar-refractivity contribution in [3.8, 4) is 0 Å². The standard InChI is InChI=1S/C8H19ClN2O/c1-12-7-3-5-8(11-10)4-2-6-9/h8,11H,2-7,10H2,1H3. The molecule has 0 heterocycles. The van der Waals surface area contributed by atoms with E-state index in [0.29, 0.717) is 11.9 Å². The molecule has 0 spiro atoms. The molecule has 0 aromatic rings. The number of hydrogen-bond acceptors (Lipinski definition) is 3. The first kappa shape index (κ1) is 12.2. The summed E-state index contributed by atoms with van der Waals surface area (Å²) >= 11 is 5.57. The van der Waals surface area contributed by atoms with Gasteiger partial charge < -0.3 is 4.74 Å². The summed E-state index contributed by atoms with van der Waals surface area (Å²) in [4.78, 5) is 0. The summed E-state index contributed by atoms with van der Waals surface area (Å²) in [5.74, 6) is 6.07. The summed E-state index contributed by atoms with van der Waals surface area (Å²) in [6.45, 7) is 0.805. The van der Waals surface area contributed by atoms with Crippen molar-refractivity contribution < 1.29 is 4.74 Å². The Hall–Kier alpha value is 0.170. The second-order valence-corrected chi connectivity index (χ2v) is 3.21. The van der Waals surface area contributed by atoms with Crippen LogP contribution in [0.4, 0.5) is 0 Å². The lowest BCUT2D eigenvalue weighted by molar-refractivity contribution is 0.188. The third-order valence-corrected chi connectivity index (χ3v) is 2.09. The molecule has 12 heavy (non-hydrogen) atoms. The Morgan fingerprint density at radius 1 is 1.42 bits per heavy atom. The van der Waals surface area contributed by atoms with Crippen LogP contribution in [0.2, 0.25) is 0 Å². The topological polar surface area (TPSA) is 47.3 Å². The van der Waals surface area contributed by atoms with Gasteiger partial charge in [-0.15, -0.1) is 11.6 Å². The Morgan fingerprint density at radius 2 is 2.08 bits per heavy atom. The number of alkyl halides is 1. The normalized spacial score (nSPS) is 13.2. The van der Waals surface area contributed by atoms with Gasteiger partial charge in [-0.2, -0.15) is 0 Å². The van der Waals surface area contributed by atoms with Gasteiger partial charge in [-0.3, -0.25) is 11.3 Å². The van der Waals surface area contributed by atoms with Gasteiger partial charge in [-0.25, -0.2) is 0 Å². The first-order chi connectivity index (χ1) is 5.85. The number of nitrogens with two attached hydrogens (primary N) is 1. The first-order valence-electron chi connectivity index (χ1n) is 4.36. The van der Waals surface area contributed by atoms with E-state index in [0.717, 1.165) is 32.3 Å². The molecule has 0 aliphatic heterocycles. The van der Waals surface area contributed by atoms with Crippen LogP contribution in [-0.4, -0.2) is 25.6 Å². The monoisotopic (exact) mass is 194 g/mol. The molecule has 1 atom stereocenters. The largest absolute Gasteiger partial charge is 0.385 e. The lowest BCUT2D eigenvalue weighted by atomic mass is 10.1. The van der Waals surface area contributed by atoms with Gasteiger partial charge in [0.2, 0.25) is 0 Å². The molecule has 0 saturated heterocycles. The Kier molecular flexibility index (Phi) is 9.39. The van der Waals surface area contributed by atoms with Gasteiger partial charge in [0.1, 0.15) is 0 Å². The summed E-state index contributed by atoms with van der Waals surface area (Å²) in [6, 6.07) is 0.388. The number of rotatable bonds is 8. The predicted molar refractivity (Wildman–Crippen MR) is 52.2 cm³/mol. The van der Waals surface area contributed by atoms with Crippen molar-refractivity contribution in [2.75, 3.05) is 19.6 Å². The third kappa shape index (κ3) is 6.85. The van der Waals surface area contributed by atoms with Crippen LogP contribution in [0.15, 0.2) is 0 Å². The van der Waals surface area contributed by atoms with Gasteiger partial charge in [-0.05, 0) is 25.7 Å². The lowest BCUT2D eigenvalue weighted by Crippen LogP contribution is -2.35. The molecule has 0 aromatic heterocycles. The van der Waals surface area contributed by atoms with E-state index < -0.39 is 0 Å². The summed E-state index contributed by atoms with van der Waals surface area (Å²) in [7, 11) is 1.71. The fourth-order valence-electron chi connectivity index (χ4n) is 1.11. The van der Waals surface area contributed by atoms with Crippen LogP contribution >= 0.6 is 11.6 Å². The zero-order valence-electron chi connectivity index (χ0n) is 7.68. The zero-order chi connectivity index (χ0) is 9.23. The highest BCUT2D eigenvalue weighted by atomic mass is 35.5. The van der Waals surface area contributed by atoms with E-state index in [4.69, 9.17) is 22.2 Å². The molecule has 0 amide bonds. The number of nitrogens with one attached hydrogen (secondary N) is 1. The van der Waals surface area contributed by atoms with Crippen molar-refractivity contribution in [2.45, 2.75) is 31.7 Å². The van der Waals surface area contributed by atoms with Gasteiger partial charge in [0.15, 0.2) is 0 Å². The van der Waals surface area contributed by atoms with Crippen LogP contribution in [0.1, 0.15) is 25.7 Å². The van der Waals surface area contributed by atoms with E-state index >= 15 is 0 Å². The maximum Gasteiger partial charge on any atom is 0.0462 e. The summed E-state index contributed by atoms with van der Waals surface area (Å²) in [6.07, 6.45) is 4.17. The van der Waals surface area contributed by atoms with Crippen molar-refractivity contribution in [1.29, 1.82) is 0 Å². The molecule has 0 radical (unpaired) electrons. The second-order valence-electron chi connectivity index (χ2n) is 2.83. The molecule has 0 rings (SSSR count). The Morgan fingerprint density at radius 3 is 2.58 bits per heavy atom. The molecule has 3 N–H and O–H groups in total. The predicted octanol–water partition coefficient (Wildman–Crippen LogP) is 1.26. The Balaban J connectivity index is 3.26. The number of methoxy groups -OCH3 is 1. The van der Waals surface area contributed by atoms with E-state index in [1.807, 2.05) is 0 Å². The van der Waals surface area contributed by atoms with E-state index in [1.165, 1.54) is 0 Å². The van der Waals surface area contributed by atoms with E-state index in [1.54, 1.807) is 7.11 Å². The SMILES string of the molecule is COCCCC(CCCCl)NN. The van der Waals surface area contributed by atoms with E-state index in [9.17, 15) is 0 Å². The molecule has 1 unspecified atom stereocenters. The summed E-state index contributed by atoms with van der Waals surface area (Å²) in [5.41, 5.74) is 2.78. The lowest BCUT2D eigenvalue weighted by Gasteiger charge is -2.14. The highest BCUT2D eigenvalue weighted by Gasteiger charge is 2.04. The minimum absolute atomic E-state index is 0.388. The molecule has 0 aliphatic rings. The highest BCUT2D eigenvalue weighted by molar-refractivity contribution is 6.17. The number of halogens is 1. The molecular weight excluding hydrogens is 176 g/mol. The zero-order valence-corrected chi connectivity index (χ0v) is 8.44. The highest BCUT2D eigenvalue weighted by Crippen LogP contribution is 2.04. The van der Waals surface area contributed by atoms with E-state index in [-0.39, 0.29) is 0 Å². The molecule has 3 nitrogen and oxygen atoms in total. The van der Waals surface area contributed by atoms with E-state index in [2.05, 4.69) is 5.43 Å². The van der Waals surface area contributed by atoms with Gasteiger partial charge in [0.25, 0.3) is 0 Å². The third-order valence-electron chi connectivity index (χ3n) is 1.82. The molecule has 74 valence electrons. The van der Waals surface area contributed by atoms with Gasteiger partial charge in [-0.1, -0.05) is 0 Å². The van der Waals surface area contributed by atoms with Crippen LogP contribution in [0, 0.1) is 0 Å². The van der Waals surface area contributed by atoms with Crippen molar-refractivity contribution in [3.05, 3.63) is 0 Å². The number of hydrogen-bond donors (Lipinski definition) is 2. The number of ether oxygens (including phenoxy) is 1. The van der Waals surface area contributed by atoms with Crippen LogP contribution in [0.5, 0.6) is 0 Å². The quantitative estimate of drug-likeness (QED) is 0.265. The Bertz CT molecular complexity index is 93.1. The van der Waals surface area contributed by atoms with Gasteiger partial charge in [0, 0.05) is 25.6 Å². The fraction of sp³-hybridized carbons (Fsp3) is 1.00. The van der Waals surface area contributed by atoms with Crippen LogP contribution < -0.4 is 11.3 Å². The molecule has 4 heteroatoms. The Labute approximate surface area is 79.6 Å². The summed E-state index contributed by atoms with van der Waals surface area (Å²) in [5, 5.41) is 0. The van der Waals surface area contributed by atoms with Gasteiger partial charge >= 0.3 is 0 Å². The molecule has 0 bridgehead atoms. The van der Waals surface area contributed by atoms with Crippen molar-refractivity contribution in [1.82, 2.24) is 5.43 Å². The maximum atomic E-state index is 5.57. The maximum absolute atomic E-state index is 5.57. The minimum atomic E-state index is 0.388. The average Bonchev–Trinajstić information content (AvgIpc) is 2.11. The van der Waals surface area contributed by atoms with Crippen molar-refractivity contribution >= 4 is 11.6 Å². The molecule has 0 aromatic carbocycles. The number of hydrazine groups is 1. The second kappa shape index (κ2) is 9.26. The fourth-order valence-corrected chi connectivity index (χ4v) is 1.26. The molecule has 0 fully saturated rings. The van der Waals surface area contributed by atoms with Crippen molar-refractivity contribution in [2.24, 2.45) is 5.84 Å². The van der Waals surface area contributed by atoms with Crippen LogP contribution in [0.25, 0.3) is 0 Å². The molecule has 0 aliphatic carbocycles. The first-order valence-corrected chi connectivity index (χ1v) is 4.89. The summed E-state index contributed by atoms with van der Waals surface area (Å²) < 4.78 is 4.95. The minimum Gasteiger partial charge on any atom is -0.385 e. The smallest absolute Gasteiger partial charge is 0.0462 e. The van der Waals surface area contributed by atoms with Gasteiger partial charge in [0.05, 0.1) is 0 Å². The van der Waals surface area contributed by atoms with Crippen LogP contribution in [0.3, 0.4) is 0 Å².